The number of hydrogen-bond acceptors (Lipinski definition) is 6. The van der Waals surface area contributed by atoms with Crippen LogP contribution in [0.3, 0.4) is 0 Å². The molecule has 0 spiro atoms. The summed E-state index contributed by atoms with van der Waals surface area (Å²) >= 11 is 1.15. The molecule has 4 aromatic rings. The first kappa shape index (κ1) is 29.3. The van der Waals surface area contributed by atoms with Crippen molar-refractivity contribution < 1.29 is 27.1 Å². The van der Waals surface area contributed by atoms with E-state index in [0.717, 1.165) is 72.4 Å². The van der Waals surface area contributed by atoms with Gasteiger partial charge < -0.3 is 5.11 Å². The number of halogens is 2. The highest BCUT2D eigenvalue weighted by molar-refractivity contribution is 7.89. The number of benzene rings is 2. The highest BCUT2D eigenvalue weighted by atomic mass is 32.2. The van der Waals surface area contributed by atoms with Gasteiger partial charge in [0.1, 0.15) is 16.5 Å². The summed E-state index contributed by atoms with van der Waals surface area (Å²) in [6.45, 7) is 2.17. The van der Waals surface area contributed by atoms with E-state index in [9.17, 15) is 22.7 Å². The Morgan fingerprint density at radius 3 is 2.56 bits per heavy atom. The number of allylic oxidation sites excluding steroid dienone is 2. The van der Waals surface area contributed by atoms with Crippen molar-refractivity contribution in [1.82, 2.24) is 14.8 Å². The van der Waals surface area contributed by atoms with E-state index in [2.05, 4.69) is 18.0 Å². The second-order valence-electron chi connectivity index (χ2n) is 11.4. The molecule has 1 fully saturated rings. The van der Waals surface area contributed by atoms with Gasteiger partial charge in [-0.15, -0.1) is 11.3 Å². The molecule has 0 saturated heterocycles. The summed E-state index contributed by atoms with van der Waals surface area (Å²) in [6, 6.07) is 8.70. The maximum Gasteiger partial charge on any atom is 0.355 e. The minimum Gasteiger partial charge on any atom is -0.476 e. The highest BCUT2D eigenvalue weighted by Gasteiger charge is 2.30. The number of rotatable bonds is 9. The number of thiazole rings is 1. The first-order chi connectivity index (χ1) is 20.5. The molecule has 2 aliphatic carbocycles. The molecular weight excluding hydrogens is 594 g/mol. The van der Waals surface area contributed by atoms with Crippen LogP contribution in [0.15, 0.2) is 52.7 Å². The van der Waals surface area contributed by atoms with Crippen molar-refractivity contribution in [3.05, 3.63) is 87.6 Å². The molecule has 2 aliphatic rings. The van der Waals surface area contributed by atoms with Crippen molar-refractivity contribution >= 4 is 32.9 Å². The lowest BCUT2D eigenvalue weighted by molar-refractivity contribution is 0.0691. The highest BCUT2D eigenvalue weighted by Crippen LogP contribution is 2.40. The van der Waals surface area contributed by atoms with Crippen LogP contribution in [0.5, 0.6) is 0 Å². The van der Waals surface area contributed by atoms with Crippen molar-refractivity contribution in [3.63, 3.8) is 0 Å². The fourth-order valence-corrected chi connectivity index (χ4v) is 6.90. The van der Waals surface area contributed by atoms with Gasteiger partial charge in [0.15, 0.2) is 5.69 Å². The van der Waals surface area contributed by atoms with Crippen LogP contribution in [-0.4, -0.2) is 34.3 Å². The van der Waals surface area contributed by atoms with E-state index in [1.165, 1.54) is 17.5 Å². The zero-order valence-electron chi connectivity index (χ0n) is 23.4. The SMILES string of the molecule is CC1CC=C(c2cc(-c3nn(-c4nc(C(=O)O)cs4)c(CC4CC4)c3Cc3ccc(S(N)(=O)=O)c(F)c3)ccc2F)CC1. The summed E-state index contributed by atoms with van der Waals surface area (Å²) in [7, 11) is -4.24. The van der Waals surface area contributed by atoms with Gasteiger partial charge >= 0.3 is 5.97 Å². The maximum absolute atomic E-state index is 15.2. The van der Waals surface area contributed by atoms with Crippen LogP contribution in [0.1, 0.15) is 71.9 Å². The topological polar surface area (TPSA) is 128 Å². The average Bonchev–Trinajstić information content (AvgIpc) is 3.51. The molecule has 1 atom stereocenters. The monoisotopic (exact) mass is 624 g/mol. The summed E-state index contributed by atoms with van der Waals surface area (Å²) in [5.41, 5.74) is 4.63. The number of aromatic carboxylic acids is 1. The first-order valence-corrected chi connectivity index (χ1v) is 16.5. The molecule has 1 saturated carbocycles. The van der Waals surface area contributed by atoms with Crippen LogP contribution in [0.4, 0.5) is 8.78 Å². The summed E-state index contributed by atoms with van der Waals surface area (Å²) in [5.74, 6) is -1.48. The summed E-state index contributed by atoms with van der Waals surface area (Å²) in [4.78, 5) is 15.3. The molecule has 0 radical (unpaired) electrons. The van der Waals surface area contributed by atoms with Crippen molar-refractivity contribution in [1.29, 1.82) is 0 Å². The fraction of sp³-hybridized carbons (Fsp3) is 0.323. The number of nitrogens with zero attached hydrogens (tertiary/aromatic N) is 3. The standard InChI is InChI=1S/C31H30F2N4O4S2/c1-17-2-7-20(8-3-17)22-15-21(9-10-24(22)32)29-23(12-19-6-11-28(25(33)13-19)43(34,40)41)27(14-18-4-5-18)37(36-29)31-35-26(16-42-31)30(38)39/h6-7,9-11,13,15-18H,2-5,8,12,14H2,1H3,(H,38,39)(H2,34,40,41). The van der Waals surface area contributed by atoms with Gasteiger partial charge in [0.05, 0.1) is 11.4 Å². The molecule has 43 heavy (non-hydrogen) atoms. The normalized spacial score (nSPS) is 17.2. The number of sulfonamides is 1. The lowest BCUT2D eigenvalue weighted by Gasteiger charge is -2.19. The molecule has 0 bridgehead atoms. The molecule has 3 N–H and O–H groups in total. The minimum absolute atomic E-state index is 0.0980. The average molecular weight is 625 g/mol. The van der Waals surface area contributed by atoms with Gasteiger partial charge in [-0.2, -0.15) is 5.10 Å². The van der Waals surface area contributed by atoms with E-state index in [1.807, 2.05) is 0 Å². The Morgan fingerprint density at radius 1 is 1.14 bits per heavy atom. The zero-order valence-corrected chi connectivity index (χ0v) is 25.0. The van der Waals surface area contributed by atoms with Crippen LogP contribution >= 0.6 is 11.3 Å². The van der Waals surface area contributed by atoms with Gasteiger partial charge in [0, 0.05) is 28.5 Å². The van der Waals surface area contributed by atoms with Gasteiger partial charge in [-0.25, -0.2) is 36.8 Å². The van der Waals surface area contributed by atoms with Gasteiger partial charge in [-0.1, -0.05) is 19.1 Å². The molecule has 0 amide bonds. The van der Waals surface area contributed by atoms with Gasteiger partial charge in [-0.3, -0.25) is 0 Å². The summed E-state index contributed by atoms with van der Waals surface area (Å²) in [6.07, 6.45) is 7.60. The van der Waals surface area contributed by atoms with E-state index in [4.69, 9.17) is 10.2 Å². The van der Waals surface area contributed by atoms with Crippen molar-refractivity contribution in [3.8, 4) is 16.4 Å². The van der Waals surface area contributed by atoms with Crippen LogP contribution in [0.25, 0.3) is 22.0 Å². The minimum atomic E-state index is -4.24. The Kier molecular flexibility index (Phi) is 7.78. The predicted octanol–water partition coefficient (Wildman–Crippen LogP) is 6.37. The Labute approximate surface area is 252 Å². The van der Waals surface area contributed by atoms with E-state index in [-0.39, 0.29) is 17.9 Å². The maximum atomic E-state index is 15.2. The van der Waals surface area contributed by atoms with Crippen LogP contribution < -0.4 is 5.14 Å². The first-order valence-electron chi connectivity index (χ1n) is 14.1. The van der Waals surface area contributed by atoms with E-state index < -0.39 is 26.7 Å². The van der Waals surface area contributed by atoms with Crippen molar-refractivity contribution in [2.75, 3.05) is 0 Å². The number of carbonyl (C=O) groups is 1. The molecule has 224 valence electrons. The van der Waals surface area contributed by atoms with Crippen molar-refractivity contribution in [2.45, 2.75) is 56.8 Å². The lowest BCUT2D eigenvalue weighted by Crippen LogP contribution is -2.14. The Bertz CT molecular complexity index is 1880. The molecule has 2 aromatic heterocycles. The Morgan fingerprint density at radius 2 is 1.93 bits per heavy atom. The van der Waals surface area contributed by atoms with E-state index in [1.54, 1.807) is 16.8 Å². The molecular formula is C31H30F2N4O4S2. The summed E-state index contributed by atoms with van der Waals surface area (Å²) < 4.78 is 55.3. The number of carboxylic acids is 1. The Balaban J connectivity index is 1.52. The third kappa shape index (κ3) is 6.17. The van der Waals surface area contributed by atoms with Crippen LogP contribution in [0.2, 0.25) is 0 Å². The number of aromatic nitrogens is 3. The molecule has 8 nitrogen and oxygen atoms in total. The van der Waals surface area contributed by atoms with Gasteiger partial charge in [0.25, 0.3) is 0 Å². The number of nitrogens with two attached hydrogens (primary N) is 1. The van der Waals surface area contributed by atoms with Crippen LogP contribution in [-0.2, 0) is 22.9 Å². The quantitative estimate of drug-likeness (QED) is 0.223. The second kappa shape index (κ2) is 11.4. The van der Waals surface area contributed by atoms with Crippen LogP contribution in [0, 0.1) is 23.5 Å². The molecule has 2 aromatic carbocycles. The number of primary sulfonamides is 1. The molecule has 0 aliphatic heterocycles. The molecule has 1 unspecified atom stereocenters. The van der Waals surface area contributed by atoms with Crippen molar-refractivity contribution in [2.24, 2.45) is 17.0 Å². The zero-order chi connectivity index (χ0) is 30.5. The largest absolute Gasteiger partial charge is 0.476 e. The van der Waals surface area contributed by atoms with E-state index in [0.29, 0.717) is 45.8 Å². The second-order valence-corrected chi connectivity index (χ2v) is 13.8. The summed E-state index contributed by atoms with van der Waals surface area (Å²) in [5, 5.41) is 21.4. The molecule has 12 heteroatoms. The van der Waals surface area contributed by atoms with Gasteiger partial charge in [0.2, 0.25) is 15.2 Å². The van der Waals surface area contributed by atoms with Gasteiger partial charge in [-0.05, 0) is 91.8 Å². The third-order valence-corrected chi connectivity index (χ3v) is 9.86. The Hall–Kier alpha value is -3.74. The smallest absolute Gasteiger partial charge is 0.355 e. The number of hydrogen-bond donors (Lipinski definition) is 2. The fourth-order valence-electron chi connectivity index (χ4n) is 5.54. The predicted molar refractivity (Wildman–Crippen MR) is 160 cm³/mol. The third-order valence-electron chi connectivity index (χ3n) is 8.10. The number of carboxylic acid groups (broad SMARTS) is 1. The molecule has 2 heterocycles. The lowest BCUT2D eigenvalue weighted by atomic mass is 9.86. The molecule has 6 rings (SSSR count). The van der Waals surface area contributed by atoms with E-state index >= 15 is 4.39 Å².